The Labute approximate surface area is 140 Å². The fourth-order valence-electron chi connectivity index (χ4n) is 3.04. The zero-order valence-corrected chi connectivity index (χ0v) is 13.7. The summed E-state index contributed by atoms with van der Waals surface area (Å²) < 4.78 is 7.09. The molecule has 0 saturated carbocycles. The van der Waals surface area contributed by atoms with Crippen molar-refractivity contribution in [1.29, 1.82) is 0 Å². The number of nitrogens with zero attached hydrogens (tertiary/aromatic N) is 3. The summed E-state index contributed by atoms with van der Waals surface area (Å²) >= 11 is 0. The van der Waals surface area contributed by atoms with Crippen LogP contribution in [-0.2, 0) is 13.1 Å². The number of urea groups is 1. The highest BCUT2D eigenvalue weighted by molar-refractivity contribution is 5.74. The van der Waals surface area contributed by atoms with Gasteiger partial charge in [-0.1, -0.05) is 6.07 Å². The number of rotatable bonds is 5. The van der Waals surface area contributed by atoms with Crippen molar-refractivity contribution in [2.75, 3.05) is 13.7 Å². The van der Waals surface area contributed by atoms with E-state index in [1.54, 1.807) is 30.7 Å². The van der Waals surface area contributed by atoms with Crippen LogP contribution in [0.5, 0.6) is 11.5 Å². The van der Waals surface area contributed by atoms with Crippen LogP contribution in [0, 0.1) is 0 Å². The highest BCUT2D eigenvalue weighted by atomic mass is 16.5. The molecule has 7 heteroatoms. The maximum Gasteiger partial charge on any atom is 0.317 e. The van der Waals surface area contributed by atoms with Crippen LogP contribution >= 0.6 is 0 Å². The molecule has 2 N–H and O–H groups in total. The Hall–Kier alpha value is -2.70. The maximum atomic E-state index is 12.5. The lowest BCUT2D eigenvalue weighted by molar-refractivity contribution is 0.187. The summed E-state index contributed by atoms with van der Waals surface area (Å²) in [6.45, 7) is 1.92. The van der Waals surface area contributed by atoms with Crippen LogP contribution in [0.25, 0.3) is 0 Å². The van der Waals surface area contributed by atoms with Gasteiger partial charge in [0.15, 0.2) is 11.5 Å². The van der Waals surface area contributed by atoms with Gasteiger partial charge < -0.3 is 24.6 Å². The third kappa shape index (κ3) is 3.61. The minimum absolute atomic E-state index is 0.0651. The number of ether oxygens (including phenoxy) is 1. The molecule has 0 radical (unpaired) electrons. The molecule has 1 saturated heterocycles. The second kappa shape index (κ2) is 7.25. The van der Waals surface area contributed by atoms with Gasteiger partial charge in [0.2, 0.25) is 0 Å². The normalized spacial score (nSPS) is 17.0. The number of methoxy groups -OCH3 is 1. The van der Waals surface area contributed by atoms with E-state index in [0.717, 1.165) is 31.5 Å². The molecule has 3 rings (SSSR count). The topological polar surface area (TPSA) is 79.6 Å². The van der Waals surface area contributed by atoms with Crippen LogP contribution in [0.15, 0.2) is 36.9 Å². The molecule has 1 aliphatic rings. The predicted octanol–water partition coefficient (Wildman–Crippen LogP) is 1.97. The number of aromatic nitrogens is 2. The fourth-order valence-corrected chi connectivity index (χ4v) is 3.04. The average molecular weight is 330 g/mol. The number of phenols is 1. The molecule has 1 fully saturated rings. The number of imidazole rings is 1. The molecule has 0 bridgehead atoms. The number of carbonyl (C=O) groups excluding carboxylic acids is 1. The SMILES string of the molecule is COc1cc(CNC(=O)N2CCC[C@H]2Cn2ccnc2)ccc1O. The van der Waals surface area contributed by atoms with Crippen molar-refractivity contribution in [3.8, 4) is 11.5 Å². The number of carbonyl (C=O) groups is 1. The number of nitrogens with one attached hydrogen (secondary N) is 1. The lowest BCUT2D eigenvalue weighted by Gasteiger charge is -2.25. The molecule has 1 atom stereocenters. The number of phenolic OH excluding ortho intramolecular Hbond substituents is 1. The molecule has 0 aliphatic carbocycles. The molecule has 1 aromatic carbocycles. The summed E-state index contributed by atoms with van der Waals surface area (Å²) in [6, 6.07) is 5.18. The quantitative estimate of drug-likeness (QED) is 0.878. The van der Waals surface area contributed by atoms with Gasteiger partial charge in [-0.05, 0) is 30.5 Å². The van der Waals surface area contributed by atoms with Crippen LogP contribution in [-0.4, -0.2) is 45.3 Å². The van der Waals surface area contributed by atoms with Crippen molar-refractivity contribution in [2.24, 2.45) is 0 Å². The molecule has 2 amide bonds. The first-order valence-electron chi connectivity index (χ1n) is 8.03. The molecule has 2 aromatic rings. The summed E-state index contributed by atoms with van der Waals surface area (Å²) in [5, 5.41) is 12.6. The van der Waals surface area contributed by atoms with Crippen LogP contribution in [0.3, 0.4) is 0 Å². The highest BCUT2D eigenvalue weighted by Gasteiger charge is 2.28. The Bertz CT molecular complexity index is 687. The zero-order valence-electron chi connectivity index (χ0n) is 13.7. The van der Waals surface area contributed by atoms with Gasteiger partial charge in [0.25, 0.3) is 0 Å². The first-order chi connectivity index (χ1) is 11.7. The van der Waals surface area contributed by atoms with Crippen molar-refractivity contribution in [3.63, 3.8) is 0 Å². The van der Waals surface area contributed by atoms with E-state index < -0.39 is 0 Å². The molecule has 1 aromatic heterocycles. The smallest absolute Gasteiger partial charge is 0.317 e. The van der Waals surface area contributed by atoms with Crippen molar-refractivity contribution in [3.05, 3.63) is 42.5 Å². The van der Waals surface area contributed by atoms with E-state index in [9.17, 15) is 9.90 Å². The van der Waals surface area contributed by atoms with Crippen molar-refractivity contribution in [2.45, 2.75) is 32.0 Å². The van der Waals surface area contributed by atoms with Crippen LogP contribution in [0.2, 0.25) is 0 Å². The lowest BCUT2D eigenvalue weighted by Crippen LogP contribution is -2.44. The molecule has 0 unspecified atom stereocenters. The fraction of sp³-hybridized carbons (Fsp3) is 0.412. The number of amides is 2. The third-order valence-corrected chi connectivity index (χ3v) is 4.31. The summed E-state index contributed by atoms with van der Waals surface area (Å²) in [5.41, 5.74) is 0.878. The summed E-state index contributed by atoms with van der Waals surface area (Å²) in [6.07, 6.45) is 7.45. The van der Waals surface area contributed by atoms with Crippen molar-refractivity contribution in [1.82, 2.24) is 19.8 Å². The first-order valence-corrected chi connectivity index (χ1v) is 8.03. The molecule has 2 heterocycles. The van der Waals surface area contributed by atoms with Gasteiger partial charge in [-0.25, -0.2) is 9.78 Å². The third-order valence-electron chi connectivity index (χ3n) is 4.31. The predicted molar refractivity (Wildman–Crippen MR) is 88.8 cm³/mol. The van der Waals surface area contributed by atoms with E-state index in [1.807, 2.05) is 15.7 Å². The molecule has 7 nitrogen and oxygen atoms in total. The Morgan fingerprint density at radius 3 is 3.12 bits per heavy atom. The van der Waals surface area contributed by atoms with Gasteiger partial charge in [-0.3, -0.25) is 0 Å². The minimum atomic E-state index is -0.0651. The molecular formula is C17H22N4O3. The van der Waals surface area contributed by atoms with Gasteiger partial charge in [0.05, 0.1) is 19.5 Å². The summed E-state index contributed by atoms with van der Waals surface area (Å²) in [5.74, 6) is 0.494. The number of hydrogen-bond donors (Lipinski definition) is 2. The van der Waals surface area contributed by atoms with E-state index in [1.165, 1.54) is 7.11 Å². The molecule has 24 heavy (non-hydrogen) atoms. The zero-order chi connectivity index (χ0) is 16.9. The Morgan fingerprint density at radius 2 is 2.38 bits per heavy atom. The van der Waals surface area contributed by atoms with Gasteiger partial charge in [-0.2, -0.15) is 0 Å². The van der Waals surface area contributed by atoms with Crippen LogP contribution in [0.4, 0.5) is 4.79 Å². The number of likely N-dealkylation sites (tertiary alicyclic amines) is 1. The lowest BCUT2D eigenvalue weighted by atomic mass is 10.2. The largest absolute Gasteiger partial charge is 0.504 e. The monoisotopic (exact) mass is 330 g/mol. The number of hydrogen-bond acceptors (Lipinski definition) is 4. The number of aromatic hydroxyl groups is 1. The van der Waals surface area contributed by atoms with E-state index in [4.69, 9.17) is 4.74 Å². The van der Waals surface area contributed by atoms with Crippen LogP contribution < -0.4 is 10.1 Å². The minimum Gasteiger partial charge on any atom is -0.504 e. The molecule has 1 aliphatic heterocycles. The Kier molecular flexibility index (Phi) is 4.88. The summed E-state index contributed by atoms with van der Waals surface area (Å²) in [4.78, 5) is 18.4. The van der Waals surface area contributed by atoms with E-state index in [2.05, 4.69) is 10.3 Å². The summed E-state index contributed by atoms with van der Waals surface area (Å²) in [7, 11) is 1.50. The Balaban J connectivity index is 1.58. The number of benzene rings is 1. The standard InChI is InChI=1S/C17H22N4O3/c1-24-16-9-13(4-5-15(16)22)10-19-17(23)21-7-2-3-14(21)11-20-8-6-18-12-20/h4-6,8-9,12,14,22H,2-3,7,10-11H2,1H3,(H,19,23)/t14-/m0/s1. The molecular weight excluding hydrogens is 308 g/mol. The van der Waals surface area contributed by atoms with E-state index in [-0.39, 0.29) is 17.8 Å². The second-order valence-corrected chi connectivity index (χ2v) is 5.91. The van der Waals surface area contributed by atoms with Gasteiger partial charge in [0, 0.05) is 32.0 Å². The second-order valence-electron chi connectivity index (χ2n) is 5.91. The van der Waals surface area contributed by atoms with Crippen molar-refractivity contribution >= 4 is 6.03 Å². The highest BCUT2D eigenvalue weighted by Crippen LogP contribution is 2.26. The van der Waals surface area contributed by atoms with Gasteiger partial charge in [-0.15, -0.1) is 0 Å². The van der Waals surface area contributed by atoms with Gasteiger partial charge >= 0.3 is 6.03 Å². The average Bonchev–Trinajstić information content (AvgIpc) is 3.26. The van der Waals surface area contributed by atoms with Crippen LogP contribution in [0.1, 0.15) is 18.4 Å². The Morgan fingerprint density at radius 1 is 1.50 bits per heavy atom. The molecule has 128 valence electrons. The maximum absolute atomic E-state index is 12.5. The van der Waals surface area contributed by atoms with E-state index >= 15 is 0 Å². The van der Waals surface area contributed by atoms with Crippen molar-refractivity contribution < 1.29 is 14.6 Å². The van der Waals surface area contributed by atoms with Gasteiger partial charge in [0.1, 0.15) is 0 Å². The molecule has 0 spiro atoms. The first kappa shape index (κ1) is 16.2. The van der Waals surface area contributed by atoms with E-state index in [0.29, 0.717) is 12.3 Å².